The van der Waals surface area contributed by atoms with Crippen LogP contribution in [0.15, 0.2) is 18.6 Å². The number of hydrogen-bond donors (Lipinski definition) is 1. The predicted molar refractivity (Wildman–Crippen MR) is 75.7 cm³/mol. The molecule has 0 aliphatic carbocycles. The fourth-order valence-electron chi connectivity index (χ4n) is 2.14. The van der Waals surface area contributed by atoms with Crippen LogP contribution in [0.3, 0.4) is 0 Å². The Kier molecular flexibility index (Phi) is 4.29. The highest BCUT2D eigenvalue weighted by Crippen LogP contribution is 2.26. The van der Waals surface area contributed by atoms with Crippen molar-refractivity contribution in [1.29, 1.82) is 0 Å². The maximum absolute atomic E-state index is 10.2. The molecule has 5 heteroatoms. The molecule has 0 saturated heterocycles. The molecule has 0 saturated carbocycles. The summed E-state index contributed by atoms with van der Waals surface area (Å²) in [7, 11) is 1.64. The number of rotatable bonds is 4. The molecule has 106 valence electrons. The summed E-state index contributed by atoms with van der Waals surface area (Å²) in [4.78, 5) is 12.7. The lowest BCUT2D eigenvalue weighted by molar-refractivity contribution is 0.171. The standard InChI is InChI=1S/C15H19N3O2/c1-9-6-17-12(11(3)15(9)20-4)5-14(19)13-8-16-10(2)7-18-13/h6-8,14,19H,5H2,1-4H3. The highest BCUT2D eigenvalue weighted by atomic mass is 16.5. The van der Waals surface area contributed by atoms with Crippen LogP contribution >= 0.6 is 0 Å². The Morgan fingerprint density at radius 3 is 2.45 bits per heavy atom. The molecule has 2 rings (SSSR count). The first kappa shape index (κ1) is 14.4. The number of aromatic nitrogens is 3. The molecule has 0 aliphatic heterocycles. The Morgan fingerprint density at radius 1 is 1.10 bits per heavy atom. The summed E-state index contributed by atoms with van der Waals surface area (Å²) in [5.74, 6) is 0.817. The second kappa shape index (κ2) is 5.96. The average molecular weight is 273 g/mol. The van der Waals surface area contributed by atoms with Gasteiger partial charge < -0.3 is 9.84 Å². The van der Waals surface area contributed by atoms with Crippen molar-refractivity contribution >= 4 is 0 Å². The van der Waals surface area contributed by atoms with E-state index in [1.807, 2.05) is 20.8 Å². The molecule has 1 atom stereocenters. The van der Waals surface area contributed by atoms with Crippen LogP contribution in [-0.2, 0) is 6.42 Å². The van der Waals surface area contributed by atoms with Gasteiger partial charge in [0.15, 0.2) is 0 Å². The molecule has 2 heterocycles. The molecule has 0 fully saturated rings. The topological polar surface area (TPSA) is 68.1 Å². The third-order valence-corrected chi connectivity index (χ3v) is 3.28. The Bertz CT molecular complexity index is 597. The van der Waals surface area contributed by atoms with Gasteiger partial charge in [-0.05, 0) is 20.8 Å². The minimum absolute atomic E-state index is 0.389. The Balaban J connectivity index is 2.23. The highest BCUT2D eigenvalue weighted by molar-refractivity contribution is 5.41. The monoisotopic (exact) mass is 273 g/mol. The molecule has 0 spiro atoms. The van der Waals surface area contributed by atoms with Crippen LogP contribution in [0.5, 0.6) is 5.75 Å². The summed E-state index contributed by atoms with van der Waals surface area (Å²) in [6.07, 6.45) is 4.67. The highest BCUT2D eigenvalue weighted by Gasteiger charge is 2.16. The third-order valence-electron chi connectivity index (χ3n) is 3.28. The van der Waals surface area contributed by atoms with E-state index >= 15 is 0 Å². The molecule has 0 bridgehead atoms. The Hall–Kier alpha value is -2.01. The Morgan fingerprint density at radius 2 is 1.85 bits per heavy atom. The van der Waals surface area contributed by atoms with Gasteiger partial charge >= 0.3 is 0 Å². The van der Waals surface area contributed by atoms with Crippen LogP contribution in [-0.4, -0.2) is 27.2 Å². The Labute approximate surface area is 118 Å². The van der Waals surface area contributed by atoms with E-state index in [1.54, 1.807) is 25.7 Å². The molecular formula is C15H19N3O2. The predicted octanol–water partition coefficient (Wildman–Crippen LogP) is 2.08. The van der Waals surface area contributed by atoms with Crippen molar-refractivity contribution in [3.8, 4) is 5.75 Å². The van der Waals surface area contributed by atoms with Gasteiger partial charge in [0, 0.05) is 35.6 Å². The first-order valence-corrected chi connectivity index (χ1v) is 6.48. The van der Waals surface area contributed by atoms with Gasteiger partial charge in [0.2, 0.25) is 0 Å². The van der Waals surface area contributed by atoms with Crippen molar-refractivity contribution in [3.63, 3.8) is 0 Å². The summed E-state index contributed by atoms with van der Waals surface area (Å²) in [5, 5.41) is 10.2. The van der Waals surface area contributed by atoms with Crippen molar-refractivity contribution < 1.29 is 9.84 Å². The van der Waals surface area contributed by atoms with E-state index in [-0.39, 0.29) is 0 Å². The number of aliphatic hydroxyl groups is 1. The van der Waals surface area contributed by atoms with Gasteiger partial charge in [-0.3, -0.25) is 15.0 Å². The van der Waals surface area contributed by atoms with Crippen molar-refractivity contribution in [2.45, 2.75) is 33.3 Å². The van der Waals surface area contributed by atoms with Gasteiger partial charge in [-0.15, -0.1) is 0 Å². The largest absolute Gasteiger partial charge is 0.496 e. The van der Waals surface area contributed by atoms with Crippen molar-refractivity contribution in [2.24, 2.45) is 0 Å². The quantitative estimate of drug-likeness (QED) is 0.923. The van der Waals surface area contributed by atoms with Crippen molar-refractivity contribution in [1.82, 2.24) is 15.0 Å². The molecule has 2 aromatic rings. The minimum Gasteiger partial charge on any atom is -0.496 e. The van der Waals surface area contributed by atoms with Crippen LogP contribution in [0.2, 0.25) is 0 Å². The molecular weight excluding hydrogens is 254 g/mol. The lowest BCUT2D eigenvalue weighted by Gasteiger charge is -2.14. The lowest BCUT2D eigenvalue weighted by atomic mass is 10.0. The van der Waals surface area contributed by atoms with Crippen molar-refractivity contribution in [3.05, 3.63) is 46.8 Å². The average Bonchev–Trinajstić information content (AvgIpc) is 2.43. The molecule has 2 aromatic heterocycles. The summed E-state index contributed by atoms with van der Waals surface area (Å²) in [5.41, 5.74) is 4.12. The maximum atomic E-state index is 10.2. The zero-order valence-electron chi connectivity index (χ0n) is 12.2. The number of ether oxygens (including phenoxy) is 1. The van der Waals surface area contributed by atoms with E-state index in [0.717, 1.165) is 28.3 Å². The molecule has 0 aromatic carbocycles. The molecule has 0 aliphatic rings. The van der Waals surface area contributed by atoms with Crippen LogP contribution < -0.4 is 4.74 Å². The maximum Gasteiger partial charge on any atom is 0.128 e. The zero-order valence-corrected chi connectivity index (χ0v) is 12.2. The van der Waals surface area contributed by atoms with E-state index in [2.05, 4.69) is 15.0 Å². The fraction of sp³-hybridized carbons (Fsp3) is 0.400. The SMILES string of the molecule is COc1c(C)cnc(CC(O)c2cnc(C)cn2)c1C. The van der Waals surface area contributed by atoms with Gasteiger partial charge in [-0.2, -0.15) is 0 Å². The second-order valence-electron chi connectivity index (χ2n) is 4.85. The van der Waals surface area contributed by atoms with Gasteiger partial charge in [0.1, 0.15) is 11.9 Å². The minimum atomic E-state index is -0.721. The zero-order chi connectivity index (χ0) is 14.7. The van der Waals surface area contributed by atoms with Crippen LogP contribution in [0.1, 0.15) is 34.3 Å². The van der Waals surface area contributed by atoms with E-state index in [1.165, 1.54) is 0 Å². The molecule has 20 heavy (non-hydrogen) atoms. The summed E-state index contributed by atoms with van der Waals surface area (Å²) in [6.45, 7) is 5.76. The van der Waals surface area contributed by atoms with E-state index in [9.17, 15) is 5.11 Å². The van der Waals surface area contributed by atoms with Gasteiger partial charge in [-0.25, -0.2) is 0 Å². The molecule has 0 amide bonds. The number of aryl methyl sites for hydroxylation is 2. The van der Waals surface area contributed by atoms with E-state index in [4.69, 9.17) is 4.74 Å². The van der Waals surface area contributed by atoms with Crippen molar-refractivity contribution in [2.75, 3.05) is 7.11 Å². The smallest absolute Gasteiger partial charge is 0.128 e. The summed E-state index contributed by atoms with van der Waals surface area (Å²) >= 11 is 0. The van der Waals surface area contributed by atoms with E-state index < -0.39 is 6.10 Å². The van der Waals surface area contributed by atoms with Gasteiger partial charge in [0.25, 0.3) is 0 Å². The fourth-order valence-corrected chi connectivity index (χ4v) is 2.14. The third kappa shape index (κ3) is 2.93. The van der Waals surface area contributed by atoms with Crippen LogP contribution in [0, 0.1) is 20.8 Å². The summed E-state index contributed by atoms with van der Waals surface area (Å²) in [6, 6.07) is 0. The van der Waals surface area contributed by atoms with Crippen LogP contribution in [0.4, 0.5) is 0 Å². The normalized spacial score (nSPS) is 12.2. The van der Waals surface area contributed by atoms with Gasteiger partial charge in [-0.1, -0.05) is 0 Å². The molecule has 1 unspecified atom stereocenters. The number of nitrogens with zero attached hydrogens (tertiary/aromatic N) is 3. The van der Waals surface area contributed by atoms with Gasteiger partial charge in [0.05, 0.1) is 24.7 Å². The number of aliphatic hydroxyl groups excluding tert-OH is 1. The number of hydrogen-bond acceptors (Lipinski definition) is 5. The molecule has 1 N–H and O–H groups in total. The second-order valence-corrected chi connectivity index (χ2v) is 4.85. The number of pyridine rings is 1. The lowest BCUT2D eigenvalue weighted by Crippen LogP contribution is -2.09. The molecule has 0 radical (unpaired) electrons. The first-order valence-electron chi connectivity index (χ1n) is 6.48. The summed E-state index contributed by atoms with van der Waals surface area (Å²) < 4.78 is 5.37. The number of methoxy groups -OCH3 is 1. The molecule has 5 nitrogen and oxygen atoms in total. The van der Waals surface area contributed by atoms with E-state index in [0.29, 0.717) is 12.1 Å². The van der Waals surface area contributed by atoms with Crippen LogP contribution in [0.25, 0.3) is 0 Å². The first-order chi connectivity index (χ1) is 9.52.